The van der Waals surface area contributed by atoms with E-state index in [0.29, 0.717) is 28.0 Å². The van der Waals surface area contributed by atoms with E-state index in [1.54, 1.807) is 0 Å². The van der Waals surface area contributed by atoms with E-state index in [1.807, 2.05) is 32.6 Å². The number of amides is 1. The maximum atomic E-state index is 11.9. The molecule has 2 atom stereocenters. The second-order valence-corrected chi connectivity index (χ2v) is 12.4. The van der Waals surface area contributed by atoms with E-state index in [1.165, 1.54) is 0 Å². The molecule has 32 heavy (non-hydrogen) atoms. The SMILES string of the molecule is CC(C)(C)S(N)=O.Cc1nc(N2CCC3(CC2)COCC3C(C)C)c(C(=O)N=O)nc1Br. The van der Waals surface area contributed by atoms with Gasteiger partial charge in [-0.05, 0) is 68.3 Å². The highest BCUT2D eigenvalue weighted by Crippen LogP contribution is 2.47. The van der Waals surface area contributed by atoms with Crippen LogP contribution in [0.5, 0.6) is 0 Å². The molecule has 2 N–H and O–H groups in total. The van der Waals surface area contributed by atoms with Crippen LogP contribution in [-0.2, 0) is 15.7 Å². The predicted octanol–water partition coefficient (Wildman–Crippen LogP) is 3.75. The average molecular weight is 533 g/mol. The van der Waals surface area contributed by atoms with E-state index < -0.39 is 16.9 Å². The fourth-order valence-electron chi connectivity index (χ4n) is 4.15. The molecular formula is C21H34BrN5O4S. The van der Waals surface area contributed by atoms with E-state index in [0.717, 1.165) is 39.1 Å². The third kappa shape index (κ3) is 6.18. The van der Waals surface area contributed by atoms with Gasteiger partial charge < -0.3 is 9.64 Å². The number of aromatic nitrogens is 2. The van der Waals surface area contributed by atoms with Crippen LogP contribution < -0.4 is 10.0 Å². The third-order valence-electron chi connectivity index (χ3n) is 6.22. The number of anilines is 1. The van der Waals surface area contributed by atoms with E-state index in [-0.39, 0.29) is 15.9 Å². The molecule has 180 valence electrons. The number of carbonyl (C=O) groups is 1. The molecule has 9 nitrogen and oxygen atoms in total. The molecule has 0 aromatic carbocycles. The highest BCUT2D eigenvalue weighted by atomic mass is 79.9. The minimum atomic E-state index is -1.18. The first-order valence-electron chi connectivity index (χ1n) is 10.7. The predicted molar refractivity (Wildman–Crippen MR) is 130 cm³/mol. The topological polar surface area (TPSA) is 128 Å². The normalized spacial score (nSPS) is 21.3. The molecule has 2 aliphatic heterocycles. The van der Waals surface area contributed by atoms with Crippen molar-refractivity contribution >= 4 is 38.6 Å². The summed E-state index contributed by atoms with van der Waals surface area (Å²) in [6.07, 6.45) is 1.96. The number of ether oxygens (including phenoxy) is 1. The zero-order chi connectivity index (χ0) is 24.3. The van der Waals surface area contributed by atoms with Gasteiger partial charge in [-0.3, -0.25) is 9.93 Å². The van der Waals surface area contributed by atoms with E-state index in [9.17, 15) is 13.9 Å². The van der Waals surface area contributed by atoms with Crippen LogP contribution in [0.2, 0.25) is 0 Å². The Balaban J connectivity index is 0.000000451. The first-order chi connectivity index (χ1) is 14.8. The van der Waals surface area contributed by atoms with Gasteiger partial charge in [0, 0.05) is 23.7 Å². The molecule has 2 aliphatic rings. The summed E-state index contributed by atoms with van der Waals surface area (Å²) in [5.74, 6) is 0.721. The van der Waals surface area contributed by atoms with Crippen LogP contribution in [-0.4, -0.2) is 51.1 Å². The van der Waals surface area contributed by atoms with Gasteiger partial charge in [0.25, 0.3) is 0 Å². The number of hydrogen-bond acceptors (Lipinski definition) is 7. The van der Waals surface area contributed by atoms with Crippen molar-refractivity contribution in [1.82, 2.24) is 9.97 Å². The van der Waals surface area contributed by atoms with Crippen LogP contribution in [0.1, 0.15) is 63.6 Å². The molecular weight excluding hydrogens is 498 g/mol. The van der Waals surface area contributed by atoms with Gasteiger partial charge in [-0.1, -0.05) is 13.8 Å². The third-order valence-corrected chi connectivity index (χ3v) is 8.18. The van der Waals surface area contributed by atoms with Gasteiger partial charge in [-0.2, -0.15) is 0 Å². The Bertz CT molecular complexity index is 866. The Morgan fingerprint density at radius 2 is 1.88 bits per heavy atom. The summed E-state index contributed by atoms with van der Waals surface area (Å²) in [5.41, 5.74) is 0.906. The summed E-state index contributed by atoms with van der Waals surface area (Å²) < 4.78 is 16.4. The maximum absolute atomic E-state index is 11.9. The molecule has 0 bridgehead atoms. The highest BCUT2D eigenvalue weighted by Gasteiger charge is 2.47. The van der Waals surface area contributed by atoms with Crippen LogP contribution in [0.15, 0.2) is 9.78 Å². The minimum absolute atomic E-state index is 0.0199. The van der Waals surface area contributed by atoms with Crippen molar-refractivity contribution in [3.63, 3.8) is 0 Å². The smallest absolute Gasteiger partial charge is 0.338 e. The Labute approximate surface area is 201 Å². The number of piperidine rings is 1. The summed E-state index contributed by atoms with van der Waals surface area (Å²) in [4.78, 5) is 33.4. The van der Waals surface area contributed by atoms with Crippen molar-refractivity contribution in [2.75, 3.05) is 31.2 Å². The molecule has 3 heterocycles. The van der Waals surface area contributed by atoms with E-state index >= 15 is 0 Å². The molecule has 11 heteroatoms. The summed E-state index contributed by atoms with van der Waals surface area (Å²) >= 11 is 3.27. The number of rotatable bonds is 3. The van der Waals surface area contributed by atoms with Gasteiger partial charge in [0.2, 0.25) is 0 Å². The maximum Gasteiger partial charge on any atom is 0.338 e. The molecule has 3 rings (SSSR count). The average Bonchev–Trinajstić information content (AvgIpc) is 3.13. The van der Waals surface area contributed by atoms with Crippen LogP contribution in [0.25, 0.3) is 0 Å². The fraction of sp³-hybridized carbons (Fsp3) is 0.762. The zero-order valence-electron chi connectivity index (χ0n) is 19.7. The molecule has 2 unspecified atom stereocenters. The molecule has 1 spiro atoms. The molecule has 1 aromatic rings. The lowest BCUT2D eigenvalue weighted by Crippen LogP contribution is -2.45. The number of carbonyl (C=O) groups excluding carboxylic acids is 1. The van der Waals surface area contributed by atoms with Gasteiger partial charge >= 0.3 is 5.91 Å². The molecule has 1 aromatic heterocycles. The molecule has 0 saturated carbocycles. The summed E-state index contributed by atoms with van der Waals surface area (Å²) in [7, 11) is -1.18. The first kappa shape index (κ1) is 26.9. The van der Waals surface area contributed by atoms with E-state index in [4.69, 9.17) is 9.88 Å². The number of aryl methyl sites for hydroxylation is 1. The molecule has 0 radical (unpaired) electrons. The Kier molecular flexibility index (Phi) is 9.05. The van der Waals surface area contributed by atoms with Crippen molar-refractivity contribution in [3.8, 4) is 0 Å². The largest absolute Gasteiger partial charge is 0.381 e. The van der Waals surface area contributed by atoms with Crippen molar-refractivity contribution in [3.05, 3.63) is 20.9 Å². The van der Waals surface area contributed by atoms with Crippen LogP contribution in [0, 0.1) is 29.1 Å². The standard InChI is InChI=1S/C17H23BrN4O3.C4H11NOS/c1-10(2)12-8-25-9-17(12)4-6-22(7-5-17)15-13(16(23)21-24)20-14(18)11(3)19-15;1-4(2,3)7(5)6/h10,12H,4-9H2,1-3H3;5H2,1-3H3. The highest BCUT2D eigenvalue weighted by molar-refractivity contribution is 9.10. The van der Waals surface area contributed by atoms with Crippen LogP contribution >= 0.6 is 15.9 Å². The van der Waals surface area contributed by atoms with Crippen LogP contribution in [0.3, 0.4) is 0 Å². The number of halogens is 1. The minimum Gasteiger partial charge on any atom is -0.381 e. The molecule has 2 saturated heterocycles. The van der Waals surface area contributed by atoms with Gasteiger partial charge in [0.05, 0.1) is 34.6 Å². The van der Waals surface area contributed by atoms with Crippen molar-refractivity contribution in [2.24, 2.45) is 27.6 Å². The number of nitrogens with zero attached hydrogens (tertiary/aromatic N) is 4. The van der Waals surface area contributed by atoms with Gasteiger partial charge in [0.15, 0.2) is 11.5 Å². The van der Waals surface area contributed by atoms with Gasteiger partial charge in [-0.25, -0.2) is 14.2 Å². The van der Waals surface area contributed by atoms with Gasteiger partial charge in [0.1, 0.15) is 4.60 Å². The van der Waals surface area contributed by atoms with Crippen molar-refractivity contribution in [2.45, 2.75) is 59.1 Å². The lowest BCUT2D eigenvalue weighted by atomic mass is 9.67. The lowest BCUT2D eigenvalue weighted by Gasteiger charge is -2.43. The molecule has 0 aliphatic carbocycles. The summed E-state index contributed by atoms with van der Waals surface area (Å²) in [6, 6.07) is 0. The lowest BCUT2D eigenvalue weighted by molar-refractivity contribution is 0.0994. The summed E-state index contributed by atoms with van der Waals surface area (Å²) in [6.45, 7) is 15.0. The number of nitroso groups, excluding NO2 is 1. The summed E-state index contributed by atoms with van der Waals surface area (Å²) in [5, 5.41) is 7.57. The Morgan fingerprint density at radius 3 is 2.34 bits per heavy atom. The zero-order valence-corrected chi connectivity index (χ0v) is 22.1. The Hall–Kier alpha value is -1.30. The quantitative estimate of drug-likeness (QED) is 0.587. The monoisotopic (exact) mass is 531 g/mol. The number of hydrogen-bond donors (Lipinski definition) is 1. The molecule has 1 amide bonds. The first-order valence-corrected chi connectivity index (χ1v) is 12.7. The Morgan fingerprint density at radius 1 is 1.31 bits per heavy atom. The van der Waals surface area contributed by atoms with Crippen molar-refractivity contribution < 1.29 is 13.7 Å². The fourth-order valence-corrected chi connectivity index (χ4v) is 4.41. The van der Waals surface area contributed by atoms with Crippen LogP contribution in [0.4, 0.5) is 5.82 Å². The van der Waals surface area contributed by atoms with E-state index in [2.05, 4.69) is 44.9 Å². The second-order valence-electron chi connectivity index (χ2n) is 9.79. The van der Waals surface area contributed by atoms with Crippen molar-refractivity contribution in [1.29, 1.82) is 0 Å². The molecule has 2 fully saturated rings. The second kappa shape index (κ2) is 10.8. The van der Waals surface area contributed by atoms with Gasteiger partial charge in [-0.15, -0.1) is 4.91 Å². The number of nitrogens with two attached hydrogens (primary N) is 1.